The molecule has 0 amide bonds. The highest BCUT2D eigenvalue weighted by molar-refractivity contribution is 5.75. The Morgan fingerprint density at radius 2 is 2.13 bits per heavy atom. The van der Waals surface area contributed by atoms with E-state index in [9.17, 15) is 9.90 Å². The molecule has 1 aromatic carbocycles. The summed E-state index contributed by atoms with van der Waals surface area (Å²) in [6, 6.07) is 7.76. The van der Waals surface area contributed by atoms with E-state index in [1.54, 1.807) is 0 Å². The van der Waals surface area contributed by atoms with Crippen molar-refractivity contribution >= 4 is 12.0 Å². The normalized spacial score (nSPS) is 20.6. The molecule has 1 N–H and O–H groups in total. The third kappa shape index (κ3) is 2.02. The van der Waals surface area contributed by atoms with Crippen LogP contribution >= 0.6 is 0 Å². The number of rotatable bonds is 3. The summed E-state index contributed by atoms with van der Waals surface area (Å²) in [4.78, 5) is 12.7. The van der Waals surface area contributed by atoms with Crippen LogP contribution in [0.1, 0.15) is 23.2 Å². The van der Waals surface area contributed by atoms with E-state index in [2.05, 4.69) is 4.90 Å². The van der Waals surface area contributed by atoms with E-state index in [1.165, 1.54) is 0 Å². The Morgan fingerprint density at radius 1 is 1.40 bits per heavy atom. The summed E-state index contributed by atoms with van der Waals surface area (Å²) in [6.45, 7) is 1.20. The summed E-state index contributed by atoms with van der Waals surface area (Å²) in [5.41, 5.74) is 1.79. The molecule has 0 saturated carbocycles. The van der Waals surface area contributed by atoms with Gasteiger partial charge in [0.2, 0.25) is 0 Å². The standard InChI is InChI=1S/C12H15NO2/c14-8-10-3-5-11(6-4-10)13-7-1-2-12(13)9-15/h3-6,8,12,15H,1-2,7,9H2/t12-/m1/s1. The molecule has 1 aliphatic rings. The van der Waals surface area contributed by atoms with Crippen LogP contribution in [0, 0.1) is 0 Å². The minimum absolute atomic E-state index is 0.204. The van der Waals surface area contributed by atoms with Gasteiger partial charge in [-0.2, -0.15) is 0 Å². The summed E-state index contributed by atoms with van der Waals surface area (Å²) < 4.78 is 0. The molecule has 0 aliphatic carbocycles. The van der Waals surface area contributed by atoms with Crippen molar-refractivity contribution in [2.45, 2.75) is 18.9 Å². The summed E-state index contributed by atoms with van der Waals surface area (Å²) >= 11 is 0. The van der Waals surface area contributed by atoms with Gasteiger partial charge in [-0.3, -0.25) is 4.79 Å². The smallest absolute Gasteiger partial charge is 0.150 e. The maximum absolute atomic E-state index is 10.5. The van der Waals surface area contributed by atoms with Crippen LogP contribution < -0.4 is 4.90 Å². The van der Waals surface area contributed by atoms with Gasteiger partial charge in [0, 0.05) is 17.8 Å². The first-order valence-corrected chi connectivity index (χ1v) is 5.28. The molecule has 1 atom stereocenters. The van der Waals surface area contributed by atoms with Crippen molar-refractivity contribution in [3.05, 3.63) is 29.8 Å². The number of benzene rings is 1. The molecule has 0 spiro atoms. The van der Waals surface area contributed by atoms with Crippen molar-refractivity contribution < 1.29 is 9.90 Å². The topological polar surface area (TPSA) is 40.5 Å². The van der Waals surface area contributed by atoms with Gasteiger partial charge in [0.25, 0.3) is 0 Å². The van der Waals surface area contributed by atoms with Crippen LogP contribution in [0.4, 0.5) is 5.69 Å². The van der Waals surface area contributed by atoms with Gasteiger partial charge < -0.3 is 10.0 Å². The van der Waals surface area contributed by atoms with Crippen LogP contribution in [-0.4, -0.2) is 30.6 Å². The van der Waals surface area contributed by atoms with Crippen molar-refractivity contribution in [3.63, 3.8) is 0 Å². The highest BCUT2D eigenvalue weighted by atomic mass is 16.3. The second-order valence-electron chi connectivity index (χ2n) is 3.88. The quantitative estimate of drug-likeness (QED) is 0.759. The molecule has 2 rings (SSSR count). The maximum atomic E-state index is 10.5. The van der Waals surface area contributed by atoms with E-state index in [1.807, 2.05) is 24.3 Å². The number of aliphatic hydroxyl groups is 1. The predicted octanol–water partition coefficient (Wildman–Crippen LogP) is 1.46. The first-order valence-electron chi connectivity index (χ1n) is 5.28. The zero-order valence-corrected chi connectivity index (χ0v) is 8.60. The first-order chi connectivity index (χ1) is 7.35. The fourth-order valence-electron chi connectivity index (χ4n) is 2.11. The van der Waals surface area contributed by atoms with Crippen LogP contribution in [0.2, 0.25) is 0 Å². The molecule has 80 valence electrons. The van der Waals surface area contributed by atoms with E-state index in [-0.39, 0.29) is 12.6 Å². The summed E-state index contributed by atoms with van der Waals surface area (Å²) in [5.74, 6) is 0. The fourth-order valence-corrected chi connectivity index (χ4v) is 2.11. The third-order valence-electron chi connectivity index (χ3n) is 2.95. The molecule has 1 aliphatic heterocycles. The molecular weight excluding hydrogens is 190 g/mol. The van der Waals surface area contributed by atoms with Crippen LogP contribution in [0.5, 0.6) is 0 Å². The SMILES string of the molecule is O=Cc1ccc(N2CCC[C@@H]2CO)cc1. The second kappa shape index (κ2) is 4.45. The van der Waals surface area contributed by atoms with Crippen LogP contribution in [0.3, 0.4) is 0 Å². The number of nitrogens with zero attached hydrogens (tertiary/aromatic N) is 1. The van der Waals surface area contributed by atoms with Gasteiger partial charge in [0.05, 0.1) is 12.6 Å². The number of aldehydes is 1. The van der Waals surface area contributed by atoms with Gasteiger partial charge in [0.15, 0.2) is 0 Å². The van der Waals surface area contributed by atoms with E-state index in [0.717, 1.165) is 31.4 Å². The molecule has 0 bridgehead atoms. The molecule has 1 saturated heterocycles. The predicted molar refractivity (Wildman–Crippen MR) is 59.3 cm³/mol. The maximum Gasteiger partial charge on any atom is 0.150 e. The van der Waals surface area contributed by atoms with Crippen molar-refractivity contribution in [2.75, 3.05) is 18.1 Å². The van der Waals surface area contributed by atoms with Gasteiger partial charge in [0.1, 0.15) is 6.29 Å². The first kappa shape index (κ1) is 10.2. The van der Waals surface area contributed by atoms with E-state index in [4.69, 9.17) is 0 Å². The molecule has 3 heteroatoms. The number of hydrogen-bond acceptors (Lipinski definition) is 3. The van der Waals surface area contributed by atoms with E-state index >= 15 is 0 Å². The number of aliphatic hydroxyl groups excluding tert-OH is 1. The van der Waals surface area contributed by atoms with Crippen LogP contribution in [0.25, 0.3) is 0 Å². The highest BCUT2D eigenvalue weighted by Crippen LogP contribution is 2.25. The molecule has 0 radical (unpaired) electrons. The molecular formula is C12H15NO2. The van der Waals surface area contributed by atoms with Gasteiger partial charge in [-0.15, -0.1) is 0 Å². The number of hydrogen-bond donors (Lipinski definition) is 1. The van der Waals surface area contributed by atoms with Gasteiger partial charge >= 0.3 is 0 Å². The van der Waals surface area contributed by atoms with Gasteiger partial charge in [-0.25, -0.2) is 0 Å². The molecule has 1 heterocycles. The fraction of sp³-hybridized carbons (Fsp3) is 0.417. The Balaban J connectivity index is 2.17. The van der Waals surface area contributed by atoms with E-state index < -0.39 is 0 Å². The van der Waals surface area contributed by atoms with Gasteiger partial charge in [-0.1, -0.05) is 0 Å². The lowest BCUT2D eigenvalue weighted by molar-refractivity contribution is 0.112. The summed E-state index contributed by atoms with van der Waals surface area (Å²) in [6.07, 6.45) is 3.02. The second-order valence-corrected chi connectivity index (χ2v) is 3.88. The Morgan fingerprint density at radius 3 is 2.73 bits per heavy atom. The van der Waals surface area contributed by atoms with Crippen molar-refractivity contribution in [1.29, 1.82) is 0 Å². The lowest BCUT2D eigenvalue weighted by atomic mass is 10.2. The Labute approximate surface area is 89.3 Å². The van der Waals surface area contributed by atoms with Gasteiger partial charge in [-0.05, 0) is 37.1 Å². The number of carbonyl (C=O) groups excluding carboxylic acids is 1. The Bertz CT molecular complexity index is 334. The van der Waals surface area contributed by atoms with Crippen molar-refractivity contribution in [1.82, 2.24) is 0 Å². The molecule has 3 nitrogen and oxygen atoms in total. The average Bonchev–Trinajstić information content (AvgIpc) is 2.77. The van der Waals surface area contributed by atoms with E-state index in [0.29, 0.717) is 5.56 Å². The number of carbonyl (C=O) groups is 1. The molecule has 15 heavy (non-hydrogen) atoms. The average molecular weight is 205 g/mol. The van der Waals surface area contributed by atoms with Crippen LogP contribution in [0.15, 0.2) is 24.3 Å². The Hall–Kier alpha value is -1.35. The molecule has 1 aromatic rings. The lowest BCUT2D eigenvalue weighted by Crippen LogP contribution is -2.31. The van der Waals surface area contributed by atoms with Crippen LogP contribution in [-0.2, 0) is 0 Å². The van der Waals surface area contributed by atoms with Crippen molar-refractivity contribution in [3.8, 4) is 0 Å². The molecule has 1 fully saturated rings. The highest BCUT2D eigenvalue weighted by Gasteiger charge is 2.23. The monoisotopic (exact) mass is 205 g/mol. The summed E-state index contributed by atoms with van der Waals surface area (Å²) in [7, 11) is 0. The largest absolute Gasteiger partial charge is 0.394 e. The zero-order chi connectivity index (χ0) is 10.7. The minimum Gasteiger partial charge on any atom is -0.394 e. The number of anilines is 1. The zero-order valence-electron chi connectivity index (χ0n) is 8.60. The third-order valence-corrected chi connectivity index (χ3v) is 2.95. The minimum atomic E-state index is 0.204. The van der Waals surface area contributed by atoms with Crippen molar-refractivity contribution in [2.24, 2.45) is 0 Å². The summed E-state index contributed by atoms with van der Waals surface area (Å²) in [5, 5.41) is 9.20. The lowest BCUT2D eigenvalue weighted by Gasteiger charge is -2.25. The molecule has 0 aromatic heterocycles. The Kier molecular flexibility index (Phi) is 3.02. The molecule has 0 unspecified atom stereocenters.